The van der Waals surface area contributed by atoms with Crippen molar-refractivity contribution in [2.24, 2.45) is 10.4 Å². The topological polar surface area (TPSA) is 91.6 Å². The Morgan fingerprint density at radius 2 is 1.70 bits per heavy atom. The van der Waals surface area contributed by atoms with Crippen LogP contribution in [-0.2, 0) is 11.4 Å². The van der Waals surface area contributed by atoms with Gasteiger partial charge in [-0.05, 0) is 10.4 Å². The Balaban J connectivity index is 0.000000112. The zero-order valence-electron chi connectivity index (χ0n) is 4.88. The van der Waals surface area contributed by atoms with Gasteiger partial charge in [0.1, 0.15) is 13.3 Å². The summed E-state index contributed by atoms with van der Waals surface area (Å²) in [6, 6.07) is 0. The van der Waals surface area contributed by atoms with Gasteiger partial charge in [0.25, 0.3) is 0 Å². The van der Waals surface area contributed by atoms with E-state index in [1.54, 1.807) is 0 Å². The fourth-order valence-electron chi connectivity index (χ4n) is 0.562. The van der Waals surface area contributed by atoms with Gasteiger partial charge in [-0.2, -0.15) is 0 Å². The molecule has 3 aliphatic heterocycles. The second kappa shape index (κ2) is 2.90. The van der Waals surface area contributed by atoms with Crippen molar-refractivity contribution in [1.29, 1.82) is 0 Å². The SMILES string of the molecule is C1N2CN1N=N2.O=S([O-])O. The van der Waals surface area contributed by atoms with Gasteiger partial charge < -0.3 is 9.11 Å². The van der Waals surface area contributed by atoms with Crippen molar-refractivity contribution in [3.63, 3.8) is 0 Å². The molecule has 1 saturated heterocycles. The summed E-state index contributed by atoms with van der Waals surface area (Å²) in [6.07, 6.45) is 0. The molecule has 0 aromatic carbocycles. The number of hydrogen-bond acceptors (Lipinski definition) is 6. The molecule has 0 amide bonds. The first-order valence-corrected chi connectivity index (χ1v) is 3.41. The summed E-state index contributed by atoms with van der Waals surface area (Å²) < 4.78 is 24.1. The van der Waals surface area contributed by atoms with Gasteiger partial charge >= 0.3 is 0 Å². The van der Waals surface area contributed by atoms with Crippen molar-refractivity contribution in [1.82, 2.24) is 10.0 Å². The smallest absolute Gasteiger partial charge is 0.131 e. The van der Waals surface area contributed by atoms with Gasteiger partial charge in [0.15, 0.2) is 0 Å². The molecule has 3 rings (SSSR count). The molecular weight excluding hydrogens is 160 g/mol. The molecule has 1 fully saturated rings. The van der Waals surface area contributed by atoms with E-state index in [0.717, 1.165) is 13.3 Å². The molecule has 0 radical (unpaired) electrons. The molecule has 3 aliphatic rings. The van der Waals surface area contributed by atoms with E-state index in [1.165, 1.54) is 0 Å². The average molecular weight is 165 g/mol. The molecule has 58 valence electrons. The van der Waals surface area contributed by atoms with Crippen LogP contribution in [0.15, 0.2) is 10.4 Å². The average Bonchev–Trinajstić information content (AvgIpc) is 2.11. The van der Waals surface area contributed by atoms with Crippen LogP contribution in [-0.4, -0.2) is 36.7 Å². The van der Waals surface area contributed by atoms with Crippen LogP contribution in [0.2, 0.25) is 0 Å². The predicted octanol–water partition coefficient (Wildman–Crippen LogP) is -0.847. The second-order valence-electron chi connectivity index (χ2n) is 1.69. The van der Waals surface area contributed by atoms with Gasteiger partial charge in [-0.3, -0.25) is 0 Å². The highest BCUT2D eigenvalue weighted by atomic mass is 32.2. The third kappa shape index (κ3) is 1.90. The first-order valence-electron chi connectivity index (χ1n) is 2.38. The van der Waals surface area contributed by atoms with E-state index >= 15 is 0 Å². The zero-order chi connectivity index (χ0) is 7.56. The Hall–Kier alpha value is -0.730. The standard InChI is InChI=1S/C2H4N4.H2O3S/c1-5-2-6(1)4-3-5;1-4(2)3/h1-2H2;(H2,1,2,3)/p-1. The molecule has 1 unspecified atom stereocenters. The van der Waals surface area contributed by atoms with Gasteiger partial charge in [-0.15, -0.1) is 0 Å². The Bertz CT molecular complexity index is 152. The molecular formula is C2H5N4O3S-. The summed E-state index contributed by atoms with van der Waals surface area (Å²) >= 11 is -2.86. The molecule has 1 atom stereocenters. The second-order valence-corrected chi connectivity index (χ2v) is 2.13. The Kier molecular flexibility index (Phi) is 2.14. The maximum atomic E-state index is 8.56. The molecule has 0 aromatic rings. The van der Waals surface area contributed by atoms with E-state index in [4.69, 9.17) is 13.3 Å². The quantitative estimate of drug-likeness (QED) is 0.472. The maximum Gasteiger partial charge on any atom is 0.131 e. The molecule has 3 heterocycles. The lowest BCUT2D eigenvalue weighted by atomic mass is 10.7. The monoisotopic (exact) mass is 165 g/mol. The van der Waals surface area contributed by atoms with Crippen LogP contribution in [0.25, 0.3) is 0 Å². The third-order valence-electron chi connectivity index (χ3n) is 0.946. The predicted molar refractivity (Wildman–Crippen MR) is 29.8 cm³/mol. The van der Waals surface area contributed by atoms with E-state index < -0.39 is 11.4 Å². The third-order valence-corrected chi connectivity index (χ3v) is 0.946. The lowest BCUT2D eigenvalue weighted by Gasteiger charge is -2.25. The van der Waals surface area contributed by atoms with Crippen LogP contribution < -0.4 is 0 Å². The first-order chi connectivity index (χ1) is 4.68. The lowest BCUT2D eigenvalue weighted by Crippen LogP contribution is -2.42. The van der Waals surface area contributed by atoms with Gasteiger partial charge in [-0.25, -0.2) is 14.2 Å². The Morgan fingerprint density at radius 1 is 1.40 bits per heavy atom. The molecule has 0 aromatic heterocycles. The molecule has 1 N–H and O–H groups in total. The highest BCUT2D eigenvalue weighted by molar-refractivity contribution is 7.73. The summed E-state index contributed by atoms with van der Waals surface area (Å²) in [7, 11) is 0. The number of hydrogen-bond donors (Lipinski definition) is 1. The largest absolute Gasteiger partial charge is 0.750 e. The normalized spacial score (nSPS) is 21.4. The van der Waals surface area contributed by atoms with Crippen LogP contribution in [0.4, 0.5) is 0 Å². The van der Waals surface area contributed by atoms with Gasteiger partial charge in [0, 0.05) is 0 Å². The van der Waals surface area contributed by atoms with Crippen molar-refractivity contribution >= 4 is 11.4 Å². The van der Waals surface area contributed by atoms with Crippen LogP contribution in [0.1, 0.15) is 0 Å². The zero-order valence-corrected chi connectivity index (χ0v) is 5.69. The van der Waals surface area contributed by atoms with E-state index in [0.29, 0.717) is 0 Å². The van der Waals surface area contributed by atoms with Gasteiger partial charge in [0.2, 0.25) is 0 Å². The van der Waals surface area contributed by atoms with E-state index in [1.807, 2.05) is 10.0 Å². The molecule has 0 spiro atoms. The molecule has 0 aliphatic carbocycles. The fraction of sp³-hybridized carbons (Fsp3) is 1.00. The maximum absolute atomic E-state index is 8.56. The molecule has 10 heavy (non-hydrogen) atoms. The van der Waals surface area contributed by atoms with E-state index in [2.05, 4.69) is 10.4 Å². The van der Waals surface area contributed by atoms with Crippen molar-refractivity contribution in [2.45, 2.75) is 0 Å². The highest BCUT2D eigenvalue weighted by Crippen LogP contribution is 2.16. The lowest BCUT2D eigenvalue weighted by molar-refractivity contribution is 0.0420. The molecule has 0 saturated carbocycles. The minimum Gasteiger partial charge on any atom is -0.750 e. The molecule has 2 bridgehead atoms. The molecule has 8 heteroatoms. The van der Waals surface area contributed by atoms with Crippen molar-refractivity contribution in [3.05, 3.63) is 0 Å². The first kappa shape index (κ1) is 7.38. The highest BCUT2D eigenvalue weighted by Gasteiger charge is 2.27. The van der Waals surface area contributed by atoms with Crippen LogP contribution in [0.3, 0.4) is 0 Å². The van der Waals surface area contributed by atoms with Crippen molar-refractivity contribution < 1.29 is 13.3 Å². The van der Waals surface area contributed by atoms with E-state index in [9.17, 15) is 0 Å². The van der Waals surface area contributed by atoms with Crippen LogP contribution in [0, 0.1) is 0 Å². The molecule has 7 nitrogen and oxygen atoms in total. The van der Waals surface area contributed by atoms with Gasteiger partial charge in [0.05, 0.1) is 11.4 Å². The van der Waals surface area contributed by atoms with E-state index in [-0.39, 0.29) is 0 Å². The fourth-order valence-corrected chi connectivity index (χ4v) is 0.562. The van der Waals surface area contributed by atoms with Crippen molar-refractivity contribution in [3.8, 4) is 0 Å². The van der Waals surface area contributed by atoms with Gasteiger partial charge in [-0.1, -0.05) is 0 Å². The summed E-state index contributed by atoms with van der Waals surface area (Å²) in [4.78, 5) is 0. The van der Waals surface area contributed by atoms with Crippen LogP contribution in [0.5, 0.6) is 0 Å². The number of nitrogens with zero attached hydrogens (tertiary/aromatic N) is 4. The van der Waals surface area contributed by atoms with Crippen LogP contribution >= 0.6 is 0 Å². The summed E-state index contributed by atoms with van der Waals surface area (Å²) in [5, 5.41) is 11.2. The summed E-state index contributed by atoms with van der Waals surface area (Å²) in [5.41, 5.74) is 0. The minimum atomic E-state index is -2.86. The Morgan fingerprint density at radius 3 is 1.80 bits per heavy atom. The summed E-state index contributed by atoms with van der Waals surface area (Å²) in [6.45, 7) is 1.83. The minimum absolute atomic E-state index is 0.917. The number of rotatable bonds is 0. The Labute approximate surface area is 59.4 Å². The summed E-state index contributed by atoms with van der Waals surface area (Å²) in [5.74, 6) is 0. The van der Waals surface area contributed by atoms with Crippen molar-refractivity contribution in [2.75, 3.05) is 13.3 Å².